The number of nitrogens with one attached hydrogen (secondary N) is 1. The monoisotopic (exact) mass is 317 g/mol. The van der Waals surface area contributed by atoms with Gasteiger partial charge >= 0.3 is 0 Å². The number of hydrogen-bond donors (Lipinski definition) is 1. The minimum absolute atomic E-state index is 0.599. The van der Waals surface area contributed by atoms with E-state index in [9.17, 15) is 0 Å². The van der Waals surface area contributed by atoms with E-state index >= 15 is 0 Å². The number of aryl methyl sites for hydroxylation is 1. The smallest absolute Gasteiger partial charge is 0.119 e. The van der Waals surface area contributed by atoms with Crippen molar-refractivity contribution in [2.45, 2.75) is 26.5 Å². The minimum Gasteiger partial charge on any atom is -0.489 e. The van der Waals surface area contributed by atoms with Gasteiger partial charge in [0.1, 0.15) is 12.4 Å². The summed E-state index contributed by atoms with van der Waals surface area (Å²) in [6.07, 6.45) is 1.06. The molecule has 0 aliphatic carbocycles. The number of hydrogen-bond acceptors (Lipinski definition) is 2. The Morgan fingerprint density at radius 3 is 2.25 bits per heavy atom. The van der Waals surface area contributed by atoms with Gasteiger partial charge in [0.25, 0.3) is 0 Å². The standard InChI is InChI=1S/C22H23NO/c1-2-18-9-6-10-21(15-18)23-16-19-11-13-22(14-12-19)24-17-20-7-4-3-5-8-20/h3-15,23H,2,16-17H2,1H3. The van der Waals surface area contributed by atoms with Gasteiger partial charge in [-0.2, -0.15) is 0 Å². The van der Waals surface area contributed by atoms with Crippen molar-refractivity contribution in [3.8, 4) is 5.75 Å². The third-order valence-electron chi connectivity index (χ3n) is 4.00. The fourth-order valence-corrected chi connectivity index (χ4v) is 2.55. The maximum atomic E-state index is 5.82. The summed E-state index contributed by atoms with van der Waals surface area (Å²) in [4.78, 5) is 0. The molecule has 0 atom stereocenters. The van der Waals surface area contributed by atoms with Crippen LogP contribution in [-0.4, -0.2) is 0 Å². The minimum atomic E-state index is 0.599. The van der Waals surface area contributed by atoms with E-state index in [2.05, 4.69) is 60.8 Å². The van der Waals surface area contributed by atoms with Crippen LogP contribution in [0.25, 0.3) is 0 Å². The van der Waals surface area contributed by atoms with E-state index in [1.54, 1.807) is 0 Å². The van der Waals surface area contributed by atoms with E-state index in [0.717, 1.165) is 18.7 Å². The third kappa shape index (κ3) is 4.63. The van der Waals surface area contributed by atoms with Crippen molar-refractivity contribution in [3.63, 3.8) is 0 Å². The lowest BCUT2D eigenvalue weighted by Gasteiger charge is -2.10. The van der Waals surface area contributed by atoms with Crippen LogP contribution in [-0.2, 0) is 19.6 Å². The fourth-order valence-electron chi connectivity index (χ4n) is 2.55. The van der Waals surface area contributed by atoms with Gasteiger partial charge in [-0.15, -0.1) is 0 Å². The van der Waals surface area contributed by atoms with Crippen LogP contribution in [0.2, 0.25) is 0 Å². The van der Waals surface area contributed by atoms with E-state index in [1.807, 2.05) is 30.3 Å². The van der Waals surface area contributed by atoms with Crippen molar-refractivity contribution in [1.29, 1.82) is 0 Å². The summed E-state index contributed by atoms with van der Waals surface area (Å²) >= 11 is 0. The van der Waals surface area contributed by atoms with Gasteiger partial charge in [0.15, 0.2) is 0 Å². The molecule has 1 N–H and O–H groups in total. The SMILES string of the molecule is CCc1cccc(NCc2ccc(OCc3ccccc3)cc2)c1. The Balaban J connectivity index is 1.52. The first kappa shape index (κ1) is 16.1. The van der Waals surface area contributed by atoms with Crippen molar-refractivity contribution in [2.75, 3.05) is 5.32 Å². The average Bonchev–Trinajstić information content (AvgIpc) is 2.66. The second kappa shape index (κ2) is 8.21. The molecule has 2 nitrogen and oxygen atoms in total. The molecule has 0 heterocycles. The zero-order valence-electron chi connectivity index (χ0n) is 14.0. The largest absolute Gasteiger partial charge is 0.489 e. The van der Waals surface area contributed by atoms with Crippen LogP contribution in [0.1, 0.15) is 23.6 Å². The van der Waals surface area contributed by atoms with Crippen molar-refractivity contribution in [3.05, 3.63) is 95.6 Å². The Kier molecular flexibility index (Phi) is 5.52. The second-order valence-corrected chi connectivity index (χ2v) is 5.83. The van der Waals surface area contributed by atoms with Crippen molar-refractivity contribution >= 4 is 5.69 Å². The zero-order valence-corrected chi connectivity index (χ0v) is 14.0. The van der Waals surface area contributed by atoms with Crippen molar-refractivity contribution in [2.24, 2.45) is 0 Å². The van der Waals surface area contributed by atoms with Crippen LogP contribution in [0.15, 0.2) is 78.9 Å². The summed E-state index contributed by atoms with van der Waals surface area (Å²) in [5.41, 5.74) is 4.94. The molecule has 0 spiro atoms. The summed E-state index contributed by atoms with van der Waals surface area (Å²) in [7, 11) is 0. The number of ether oxygens (including phenoxy) is 1. The van der Waals surface area contributed by atoms with Crippen LogP contribution in [0.3, 0.4) is 0 Å². The summed E-state index contributed by atoms with van der Waals surface area (Å²) in [5.74, 6) is 0.899. The molecule has 0 amide bonds. The van der Waals surface area contributed by atoms with Gasteiger partial charge in [0, 0.05) is 12.2 Å². The Labute approximate surface area is 144 Å². The molecule has 0 aliphatic heterocycles. The molecule has 0 bridgehead atoms. The highest BCUT2D eigenvalue weighted by molar-refractivity contribution is 5.46. The lowest BCUT2D eigenvalue weighted by Crippen LogP contribution is -2.00. The summed E-state index contributed by atoms with van der Waals surface area (Å²) in [6, 6.07) is 27.1. The summed E-state index contributed by atoms with van der Waals surface area (Å²) < 4.78 is 5.82. The van der Waals surface area contributed by atoms with Crippen LogP contribution >= 0.6 is 0 Å². The van der Waals surface area contributed by atoms with Crippen LogP contribution in [0.5, 0.6) is 5.75 Å². The van der Waals surface area contributed by atoms with E-state index in [4.69, 9.17) is 4.74 Å². The quantitative estimate of drug-likeness (QED) is 0.626. The average molecular weight is 317 g/mol. The Morgan fingerprint density at radius 1 is 0.750 bits per heavy atom. The molecule has 0 aliphatic rings. The molecule has 0 saturated heterocycles. The maximum absolute atomic E-state index is 5.82. The van der Waals surface area contributed by atoms with Crippen LogP contribution in [0.4, 0.5) is 5.69 Å². The molecule has 0 fully saturated rings. The van der Waals surface area contributed by atoms with Gasteiger partial charge in [-0.05, 0) is 47.4 Å². The predicted molar refractivity (Wildman–Crippen MR) is 100 cm³/mol. The lowest BCUT2D eigenvalue weighted by atomic mass is 10.1. The Hall–Kier alpha value is -2.74. The molecule has 122 valence electrons. The van der Waals surface area contributed by atoms with E-state index in [-0.39, 0.29) is 0 Å². The molecule has 3 aromatic rings. The maximum Gasteiger partial charge on any atom is 0.119 e. The molecule has 0 aromatic heterocycles. The fraction of sp³-hybridized carbons (Fsp3) is 0.182. The van der Waals surface area contributed by atoms with Gasteiger partial charge in [-0.3, -0.25) is 0 Å². The van der Waals surface area contributed by atoms with E-state index in [1.165, 1.54) is 22.4 Å². The van der Waals surface area contributed by atoms with Gasteiger partial charge in [0.2, 0.25) is 0 Å². The predicted octanol–water partition coefficient (Wildman–Crippen LogP) is 5.44. The number of anilines is 1. The topological polar surface area (TPSA) is 21.3 Å². The zero-order chi connectivity index (χ0) is 16.6. The van der Waals surface area contributed by atoms with E-state index < -0.39 is 0 Å². The third-order valence-corrected chi connectivity index (χ3v) is 4.00. The highest BCUT2D eigenvalue weighted by atomic mass is 16.5. The molecule has 0 saturated carbocycles. The summed E-state index contributed by atoms with van der Waals surface area (Å²) in [5, 5.41) is 3.47. The molecule has 3 rings (SSSR count). The highest BCUT2D eigenvalue weighted by Crippen LogP contribution is 2.16. The second-order valence-electron chi connectivity index (χ2n) is 5.83. The number of benzene rings is 3. The first-order valence-electron chi connectivity index (χ1n) is 8.42. The van der Waals surface area contributed by atoms with Gasteiger partial charge in [-0.25, -0.2) is 0 Å². The summed E-state index contributed by atoms with van der Waals surface area (Å²) in [6.45, 7) is 3.58. The van der Waals surface area contributed by atoms with Crippen molar-refractivity contribution < 1.29 is 4.74 Å². The Bertz CT molecular complexity index is 750. The normalized spacial score (nSPS) is 10.4. The van der Waals surface area contributed by atoms with Gasteiger partial charge in [0.05, 0.1) is 0 Å². The number of rotatable bonds is 7. The molecular formula is C22H23NO. The molecule has 24 heavy (non-hydrogen) atoms. The molecule has 3 aromatic carbocycles. The Morgan fingerprint density at radius 2 is 1.50 bits per heavy atom. The van der Waals surface area contributed by atoms with Gasteiger partial charge in [-0.1, -0.05) is 61.5 Å². The van der Waals surface area contributed by atoms with Crippen LogP contribution < -0.4 is 10.1 Å². The van der Waals surface area contributed by atoms with Crippen molar-refractivity contribution in [1.82, 2.24) is 0 Å². The molecular weight excluding hydrogens is 294 g/mol. The molecule has 0 unspecified atom stereocenters. The lowest BCUT2D eigenvalue weighted by molar-refractivity contribution is 0.306. The molecule has 2 heteroatoms. The highest BCUT2D eigenvalue weighted by Gasteiger charge is 1.98. The van der Waals surface area contributed by atoms with Crippen LogP contribution in [0, 0.1) is 0 Å². The first-order chi connectivity index (χ1) is 11.8. The van der Waals surface area contributed by atoms with E-state index in [0.29, 0.717) is 6.61 Å². The first-order valence-corrected chi connectivity index (χ1v) is 8.42. The van der Waals surface area contributed by atoms with Gasteiger partial charge < -0.3 is 10.1 Å². The molecule has 0 radical (unpaired) electrons.